The van der Waals surface area contributed by atoms with Crippen LogP contribution in [-0.2, 0) is 4.43 Å². The molecule has 1 rings (SSSR count). The van der Waals surface area contributed by atoms with Crippen molar-refractivity contribution in [3.63, 3.8) is 0 Å². The van der Waals surface area contributed by atoms with Crippen molar-refractivity contribution in [2.75, 3.05) is 20.8 Å². The van der Waals surface area contributed by atoms with Gasteiger partial charge in [-0.3, -0.25) is 0 Å². The zero-order valence-corrected chi connectivity index (χ0v) is 18.1. The van der Waals surface area contributed by atoms with Gasteiger partial charge in [0.15, 0.2) is 8.32 Å². The Morgan fingerprint density at radius 2 is 1.72 bits per heavy atom. The highest BCUT2D eigenvalue weighted by Crippen LogP contribution is 2.37. The molecule has 0 saturated heterocycles. The van der Waals surface area contributed by atoms with E-state index in [9.17, 15) is 0 Å². The van der Waals surface area contributed by atoms with Gasteiger partial charge in [-0.05, 0) is 42.8 Å². The third-order valence-electron chi connectivity index (χ3n) is 5.05. The second kappa shape index (κ2) is 8.72. The molecule has 0 bridgehead atoms. The van der Waals surface area contributed by atoms with Gasteiger partial charge in [-0.15, -0.1) is 6.58 Å². The highest BCUT2D eigenvalue weighted by molar-refractivity contribution is 6.74. The van der Waals surface area contributed by atoms with E-state index in [4.69, 9.17) is 13.9 Å². The Morgan fingerprint density at radius 3 is 2.20 bits per heavy atom. The number of rotatable bonds is 8. The van der Waals surface area contributed by atoms with Crippen LogP contribution in [0.25, 0.3) is 0 Å². The summed E-state index contributed by atoms with van der Waals surface area (Å²) in [7, 11) is 1.65. The molecule has 0 unspecified atom stereocenters. The van der Waals surface area contributed by atoms with Crippen LogP contribution in [0.15, 0.2) is 36.9 Å². The van der Waals surface area contributed by atoms with Crippen molar-refractivity contribution in [3.8, 4) is 11.5 Å². The molecule has 0 N–H and O–H groups in total. The topological polar surface area (TPSA) is 27.7 Å². The molecule has 0 aliphatic carbocycles. The molecule has 0 heterocycles. The van der Waals surface area contributed by atoms with Crippen molar-refractivity contribution in [3.05, 3.63) is 48.1 Å². The van der Waals surface area contributed by atoms with Gasteiger partial charge in [0.05, 0.1) is 20.8 Å². The summed E-state index contributed by atoms with van der Waals surface area (Å²) in [5.74, 6) is 1.75. The Bertz CT molecular complexity index is 612. The number of ether oxygens (including phenoxy) is 2. The van der Waals surface area contributed by atoms with E-state index in [0.29, 0.717) is 6.61 Å². The quantitative estimate of drug-likeness (QED) is 0.428. The minimum absolute atomic E-state index is 0.0486. The molecule has 1 aromatic rings. The summed E-state index contributed by atoms with van der Waals surface area (Å²) in [5, 5.41) is 0.215. The number of allylic oxidation sites excluding steroid dienone is 2. The summed E-state index contributed by atoms with van der Waals surface area (Å²) in [6.07, 6.45) is 6.11. The standard InChI is InChI=1S/C21H34O3Si/c1-10-17(12-11-13-24-25(8,9)21(3,4)5)18-15-19(22-6)16(2)14-20(18)23-7/h10-12,14-15,17H,1,13H2,2-9H3/b12-11-/t17-/m0/s1. The van der Waals surface area contributed by atoms with Crippen molar-refractivity contribution < 1.29 is 13.9 Å². The summed E-state index contributed by atoms with van der Waals surface area (Å²) in [6, 6.07) is 4.03. The summed E-state index contributed by atoms with van der Waals surface area (Å²) in [4.78, 5) is 0. The molecule has 140 valence electrons. The Kier molecular flexibility index (Phi) is 7.51. The van der Waals surface area contributed by atoms with Crippen LogP contribution in [0.3, 0.4) is 0 Å². The first-order valence-corrected chi connectivity index (χ1v) is 11.6. The molecule has 0 fully saturated rings. The van der Waals surface area contributed by atoms with E-state index >= 15 is 0 Å². The molecule has 4 heteroatoms. The largest absolute Gasteiger partial charge is 0.496 e. The van der Waals surface area contributed by atoms with Gasteiger partial charge in [0.2, 0.25) is 0 Å². The minimum Gasteiger partial charge on any atom is -0.496 e. The molecule has 0 amide bonds. The predicted molar refractivity (Wildman–Crippen MR) is 110 cm³/mol. The van der Waals surface area contributed by atoms with E-state index in [1.165, 1.54) is 0 Å². The van der Waals surface area contributed by atoms with Crippen LogP contribution in [0.2, 0.25) is 18.1 Å². The van der Waals surface area contributed by atoms with Crippen LogP contribution < -0.4 is 9.47 Å². The Labute approximate surface area is 154 Å². The lowest BCUT2D eigenvalue weighted by Crippen LogP contribution is -2.40. The van der Waals surface area contributed by atoms with Gasteiger partial charge >= 0.3 is 0 Å². The third kappa shape index (κ3) is 5.48. The molecule has 0 saturated carbocycles. The number of methoxy groups -OCH3 is 2. The van der Waals surface area contributed by atoms with Crippen LogP contribution >= 0.6 is 0 Å². The maximum absolute atomic E-state index is 6.21. The van der Waals surface area contributed by atoms with Gasteiger partial charge in [0.1, 0.15) is 11.5 Å². The molecular formula is C21H34O3Si. The van der Waals surface area contributed by atoms with Crippen molar-refractivity contribution in [2.45, 2.75) is 51.7 Å². The lowest BCUT2D eigenvalue weighted by Gasteiger charge is -2.35. The number of benzene rings is 1. The van der Waals surface area contributed by atoms with Crippen molar-refractivity contribution in [1.29, 1.82) is 0 Å². The van der Waals surface area contributed by atoms with E-state index in [-0.39, 0.29) is 11.0 Å². The zero-order valence-electron chi connectivity index (χ0n) is 17.1. The van der Waals surface area contributed by atoms with Gasteiger partial charge < -0.3 is 13.9 Å². The van der Waals surface area contributed by atoms with Crippen molar-refractivity contribution in [1.82, 2.24) is 0 Å². The molecule has 0 spiro atoms. The van der Waals surface area contributed by atoms with Gasteiger partial charge in [0, 0.05) is 11.5 Å². The van der Waals surface area contributed by atoms with Crippen LogP contribution in [0.5, 0.6) is 11.5 Å². The molecule has 25 heavy (non-hydrogen) atoms. The first-order chi connectivity index (χ1) is 11.6. The molecule has 0 radical (unpaired) electrons. The van der Waals surface area contributed by atoms with E-state index in [1.807, 2.05) is 25.1 Å². The fourth-order valence-corrected chi connectivity index (χ4v) is 3.26. The monoisotopic (exact) mass is 362 g/mol. The predicted octanol–water partition coefficient (Wildman–Crippen LogP) is 5.86. The second-order valence-electron chi connectivity index (χ2n) is 7.82. The molecule has 1 aromatic carbocycles. The van der Waals surface area contributed by atoms with Crippen molar-refractivity contribution >= 4 is 8.32 Å². The Hall–Kier alpha value is -1.52. The van der Waals surface area contributed by atoms with E-state index in [2.05, 4.69) is 52.6 Å². The van der Waals surface area contributed by atoms with Crippen molar-refractivity contribution in [2.24, 2.45) is 0 Å². The Balaban J connectivity index is 2.95. The summed E-state index contributed by atoms with van der Waals surface area (Å²) >= 11 is 0. The lowest BCUT2D eigenvalue weighted by molar-refractivity contribution is 0.327. The van der Waals surface area contributed by atoms with Crippen LogP contribution in [0.4, 0.5) is 0 Å². The highest BCUT2D eigenvalue weighted by Gasteiger charge is 2.36. The number of hydrogen-bond acceptors (Lipinski definition) is 3. The average Bonchev–Trinajstić information content (AvgIpc) is 2.54. The number of aryl methyl sites for hydroxylation is 1. The minimum atomic E-state index is -1.73. The van der Waals surface area contributed by atoms with E-state index in [1.54, 1.807) is 14.2 Å². The first-order valence-electron chi connectivity index (χ1n) is 8.73. The molecular weight excluding hydrogens is 328 g/mol. The molecule has 1 atom stereocenters. The Morgan fingerprint density at radius 1 is 1.12 bits per heavy atom. The van der Waals surface area contributed by atoms with E-state index in [0.717, 1.165) is 22.6 Å². The maximum Gasteiger partial charge on any atom is 0.192 e. The van der Waals surface area contributed by atoms with E-state index < -0.39 is 8.32 Å². The molecule has 0 aromatic heterocycles. The van der Waals surface area contributed by atoms with Gasteiger partial charge in [0.25, 0.3) is 0 Å². The molecule has 0 aliphatic heterocycles. The van der Waals surface area contributed by atoms with Gasteiger partial charge in [-0.25, -0.2) is 0 Å². The lowest BCUT2D eigenvalue weighted by atomic mass is 9.96. The fourth-order valence-electron chi connectivity index (χ4n) is 2.32. The molecule has 0 aliphatic rings. The summed E-state index contributed by atoms with van der Waals surface area (Å²) < 4.78 is 17.2. The fraction of sp³-hybridized carbons (Fsp3) is 0.524. The second-order valence-corrected chi connectivity index (χ2v) is 12.6. The summed E-state index contributed by atoms with van der Waals surface area (Å²) in [6.45, 7) is 17.9. The average molecular weight is 363 g/mol. The normalized spacial score (nSPS) is 13.8. The van der Waals surface area contributed by atoms with Gasteiger partial charge in [-0.2, -0.15) is 0 Å². The zero-order chi connectivity index (χ0) is 19.3. The summed E-state index contributed by atoms with van der Waals surface area (Å²) in [5.41, 5.74) is 2.10. The van der Waals surface area contributed by atoms with Crippen LogP contribution in [-0.4, -0.2) is 29.1 Å². The smallest absolute Gasteiger partial charge is 0.192 e. The van der Waals surface area contributed by atoms with Gasteiger partial charge in [-0.1, -0.05) is 39.0 Å². The SMILES string of the molecule is C=C[C@@H](/C=C\CO[Si](C)(C)C(C)(C)C)c1cc(OC)c(C)cc1OC. The highest BCUT2D eigenvalue weighted by atomic mass is 28.4. The van der Waals surface area contributed by atoms with Crippen LogP contribution in [0, 0.1) is 6.92 Å². The molecule has 3 nitrogen and oxygen atoms in total. The maximum atomic E-state index is 6.21. The third-order valence-corrected chi connectivity index (χ3v) is 9.55. The number of hydrogen-bond donors (Lipinski definition) is 0. The first kappa shape index (κ1) is 21.5. The van der Waals surface area contributed by atoms with Crippen LogP contribution in [0.1, 0.15) is 37.8 Å².